The molecule has 0 bridgehead atoms. The number of nitrogens with one attached hydrogen (secondary N) is 1. The van der Waals surface area contributed by atoms with Gasteiger partial charge in [-0.25, -0.2) is 0 Å². The first-order valence-corrected chi connectivity index (χ1v) is 5.37. The maximum Gasteiger partial charge on any atom is 0.315 e. The van der Waals surface area contributed by atoms with Crippen LogP contribution in [0.4, 0.5) is 6.01 Å². The van der Waals surface area contributed by atoms with Gasteiger partial charge in [0.2, 0.25) is 5.89 Å². The fraction of sp³-hybridized carbons (Fsp3) is 0.800. The summed E-state index contributed by atoms with van der Waals surface area (Å²) in [6.45, 7) is 2.81. The van der Waals surface area contributed by atoms with Crippen LogP contribution in [0.15, 0.2) is 4.42 Å². The summed E-state index contributed by atoms with van der Waals surface area (Å²) in [5, 5.41) is 10.9. The summed E-state index contributed by atoms with van der Waals surface area (Å²) in [6.07, 6.45) is 4.31. The van der Waals surface area contributed by atoms with E-state index in [2.05, 4.69) is 15.5 Å². The first kappa shape index (κ1) is 8.26. The maximum atomic E-state index is 5.24. The molecular weight excluding hydrogens is 178 g/mol. The average molecular weight is 193 g/mol. The number of anilines is 1. The minimum Gasteiger partial charge on any atom is -0.408 e. The molecule has 2 fully saturated rings. The van der Waals surface area contributed by atoms with Crippen LogP contribution in [0.5, 0.6) is 0 Å². The second-order valence-electron chi connectivity index (χ2n) is 4.50. The fourth-order valence-electron chi connectivity index (χ4n) is 2.19. The molecule has 4 nitrogen and oxygen atoms in total. The predicted molar refractivity (Wildman–Crippen MR) is 51.8 cm³/mol. The molecule has 0 spiro atoms. The number of rotatable bonds is 4. The molecule has 14 heavy (non-hydrogen) atoms. The van der Waals surface area contributed by atoms with E-state index in [1.807, 2.05) is 6.92 Å². The van der Waals surface area contributed by atoms with E-state index in [0.717, 1.165) is 24.3 Å². The van der Waals surface area contributed by atoms with Crippen LogP contribution in [0.1, 0.15) is 25.2 Å². The maximum absolute atomic E-state index is 5.24. The van der Waals surface area contributed by atoms with Gasteiger partial charge in [-0.15, -0.1) is 5.10 Å². The second-order valence-corrected chi connectivity index (χ2v) is 4.50. The van der Waals surface area contributed by atoms with E-state index in [1.165, 1.54) is 19.3 Å². The summed E-state index contributed by atoms with van der Waals surface area (Å²) in [5.74, 6) is 3.52. The Labute approximate surface area is 83.1 Å². The molecule has 0 amide bonds. The van der Waals surface area contributed by atoms with Crippen molar-refractivity contribution in [3.8, 4) is 0 Å². The van der Waals surface area contributed by atoms with Gasteiger partial charge >= 0.3 is 6.01 Å². The monoisotopic (exact) mass is 193 g/mol. The lowest BCUT2D eigenvalue weighted by Gasteiger charge is -1.98. The number of hydrogen-bond acceptors (Lipinski definition) is 4. The molecule has 0 aliphatic heterocycles. The summed E-state index contributed by atoms with van der Waals surface area (Å²) < 4.78 is 5.24. The van der Waals surface area contributed by atoms with Crippen LogP contribution in [0.3, 0.4) is 0 Å². The largest absolute Gasteiger partial charge is 0.408 e. The van der Waals surface area contributed by atoms with Gasteiger partial charge in [0.15, 0.2) is 0 Å². The summed E-state index contributed by atoms with van der Waals surface area (Å²) in [4.78, 5) is 0. The summed E-state index contributed by atoms with van der Waals surface area (Å²) >= 11 is 0. The van der Waals surface area contributed by atoms with Gasteiger partial charge in [0.25, 0.3) is 0 Å². The summed E-state index contributed by atoms with van der Waals surface area (Å²) in [5.41, 5.74) is 0. The van der Waals surface area contributed by atoms with Crippen LogP contribution in [0.2, 0.25) is 0 Å². The molecule has 0 radical (unpaired) electrons. The van der Waals surface area contributed by atoms with E-state index in [-0.39, 0.29) is 0 Å². The van der Waals surface area contributed by atoms with Crippen molar-refractivity contribution in [3.05, 3.63) is 5.89 Å². The molecular formula is C10H15N3O. The van der Waals surface area contributed by atoms with E-state index >= 15 is 0 Å². The Hall–Kier alpha value is -1.06. The zero-order valence-corrected chi connectivity index (χ0v) is 8.36. The van der Waals surface area contributed by atoms with Crippen LogP contribution in [-0.2, 0) is 0 Å². The van der Waals surface area contributed by atoms with E-state index in [9.17, 15) is 0 Å². The number of aromatic nitrogens is 2. The highest BCUT2D eigenvalue weighted by Crippen LogP contribution is 2.54. The molecule has 0 unspecified atom stereocenters. The molecule has 1 aromatic rings. The number of hydrogen-bond donors (Lipinski definition) is 1. The Kier molecular flexibility index (Phi) is 1.75. The predicted octanol–water partition coefficient (Wildman–Crippen LogP) is 1.84. The Morgan fingerprint density at radius 2 is 2.29 bits per heavy atom. The molecule has 1 heterocycles. The first-order chi connectivity index (χ1) is 6.83. The van der Waals surface area contributed by atoms with Gasteiger partial charge in [0, 0.05) is 13.5 Å². The number of aryl methyl sites for hydroxylation is 1. The third kappa shape index (κ3) is 1.61. The highest BCUT2D eigenvalue weighted by atomic mass is 16.4. The fourth-order valence-corrected chi connectivity index (χ4v) is 2.19. The van der Waals surface area contributed by atoms with Crippen molar-refractivity contribution in [2.45, 2.75) is 26.2 Å². The molecule has 4 heteroatoms. The zero-order chi connectivity index (χ0) is 9.54. The van der Waals surface area contributed by atoms with Gasteiger partial charge in [-0.3, -0.25) is 0 Å². The number of nitrogens with zero attached hydrogens (tertiary/aromatic N) is 2. The van der Waals surface area contributed by atoms with Crippen molar-refractivity contribution in [3.63, 3.8) is 0 Å². The van der Waals surface area contributed by atoms with E-state index in [1.54, 1.807) is 0 Å². The van der Waals surface area contributed by atoms with Crippen LogP contribution in [0, 0.1) is 24.7 Å². The van der Waals surface area contributed by atoms with Gasteiger partial charge in [0.05, 0.1) is 0 Å². The van der Waals surface area contributed by atoms with Gasteiger partial charge in [-0.05, 0) is 37.0 Å². The highest BCUT2D eigenvalue weighted by molar-refractivity contribution is 5.18. The standard InChI is InChI=1S/C10H15N3O/c1-6-12-13-10(14-6)11-5-8-4-9(8)7-2-3-7/h7-9H,2-5H2,1H3,(H,11,13)/t8-,9-/m0/s1. The zero-order valence-electron chi connectivity index (χ0n) is 8.36. The van der Waals surface area contributed by atoms with Crippen molar-refractivity contribution in [1.82, 2.24) is 10.2 Å². The van der Waals surface area contributed by atoms with E-state index in [0.29, 0.717) is 11.9 Å². The average Bonchev–Trinajstić information content (AvgIpc) is 3.03. The lowest BCUT2D eigenvalue weighted by molar-refractivity contribution is 0.527. The highest BCUT2D eigenvalue weighted by Gasteiger charge is 2.46. The Morgan fingerprint density at radius 1 is 1.43 bits per heavy atom. The quantitative estimate of drug-likeness (QED) is 0.792. The molecule has 2 saturated carbocycles. The van der Waals surface area contributed by atoms with Gasteiger partial charge in [-0.1, -0.05) is 5.10 Å². The summed E-state index contributed by atoms with van der Waals surface area (Å²) in [7, 11) is 0. The van der Waals surface area contributed by atoms with E-state index in [4.69, 9.17) is 4.42 Å². The Bertz CT molecular complexity index is 332. The van der Waals surface area contributed by atoms with Crippen molar-refractivity contribution in [2.24, 2.45) is 17.8 Å². The molecule has 2 aliphatic rings. The van der Waals surface area contributed by atoms with Gasteiger partial charge < -0.3 is 9.73 Å². The molecule has 2 atom stereocenters. The van der Waals surface area contributed by atoms with Crippen molar-refractivity contribution < 1.29 is 4.42 Å². The normalized spacial score (nSPS) is 30.4. The lowest BCUT2D eigenvalue weighted by atomic mass is 10.2. The minimum atomic E-state index is 0.573. The molecule has 3 rings (SSSR count). The van der Waals surface area contributed by atoms with Crippen molar-refractivity contribution in [2.75, 3.05) is 11.9 Å². The van der Waals surface area contributed by atoms with Crippen LogP contribution in [-0.4, -0.2) is 16.7 Å². The molecule has 0 aromatic carbocycles. The molecule has 1 N–H and O–H groups in total. The molecule has 76 valence electrons. The Morgan fingerprint density at radius 3 is 2.93 bits per heavy atom. The third-order valence-electron chi connectivity index (χ3n) is 3.25. The van der Waals surface area contributed by atoms with Gasteiger partial charge in [-0.2, -0.15) is 0 Å². The third-order valence-corrected chi connectivity index (χ3v) is 3.25. The summed E-state index contributed by atoms with van der Waals surface area (Å²) in [6, 6.07) is 0.573. The van der Waals surface area contributed by atoms with Crippen LogP contribution < -0.4 is 5.32 Å². The van der Waals surface area contributed by atoms with E-state index < -0.39 is 0 Å². The SMILES string of the molecule is Cc1nnc(NC[C@@H]2C[C@H]2C2CC2)o1. The van der Waals surface area contributed by atoms with Crippen LogP contribution >= 0.6 is 0 Å². The van der Waals surface area contributed by atoms with Crippen LogP contribution in [0.25, 0.3) is 0 Å². The second kappa shape index (κ2) is 2.97. The van der Waals surface area contributed by atoms with Gasteiger partial charge in [0.1, 0.15) is 0 Å². The topological polar surface area (TPSA) is 51.0 Å². The molecule has 1 aromatic heterocycles. The molecule has 0 saturated heterocycles. The van der Waals surface area contributed by atoms with Crippen molar-refractivity contribution in [1.29, 1.82) is 0 Å². The lowest BCUT2D eigenvalue weighted by Crippen LogP contribution is -2.05. The smallest absolute Gasteiger partial charge is 0.315 e. The minimum absolute atomic E-state index is 0.573. The Balaban J connectivity index is 1.46. The molecule has 2 aliphatic carbocycles. The van der Waals surface area contributed by atoms with Crippen molar-refractivity contribution >= 4 is 6.01 Å². The first-order valence-electron chi connectivity index (χ1n) is 5.37.